The van der Waals surface area contributed by atoms with Crippen molar-refractivity contribution < 1.29 is 28.6 Å². The number of hydrogen-bond donors (Lipinski definition) is 0. The first-order valence-corrected chi connectivity index (χ1v) is 13.7. The molecule has 0 aromatic heterocycles. The van der Waals surface area contributed by atoms with Gasteiger partial charge in [0.15, 0.2) is 11.5 Å². The molecule has 8 heteroatoms. The fourth-order valence-electron chi connectivity index (χ4n) is 6.55. The lowest BCUT2D eigenvalue weighted by molar-refractivity contribution is -0.162. The van der Waals surface area contributed by atoms with Gasteiger partial charge >= 0.3 is 5.97 Å². The molecule has 0 unspecified atom stereocenters. The van der Waals surface area contributed by atoms with E-state index in [0.717, 1.165) is 50.0 Å². The average Bonchev–Trinajstić information content (AvgIpc) is 2.92. The Morgan fingerprint density at radius 2 is 1.74 bits per heavy atom. The predicted octanol–water partition coefficient (Wildman–Crippen LogP) is 4.36. The number of esters is 1. The fraction of sp³-hybridized carbons (Fsp3) is 0.633. The van der Waals surface area contributed by atoms with E-state index >= 15 is 0 Å². The zero-order valence-corrected chi connectivity index (χ0v) is 23.5. The fourth-order valence-corrected chi connectivity index (χ4v) is 6.55. The largest absolute Gasteiger partial charge is 0.493 e. The Kier molecular flexibility index (Phi) is 8.38. The van der Waals surface area contributed by atoms with Gasteiger partial charge in [0.05, 0.1) is 21.3 Å². The Morgan fingerprint density at radius 3 is 2.39 bits per heavy atom. The lowest BCUT2D eigenvalue weighted by atomic mass is 9.59. The molecule has 0 radical (unpaired) electrons. The molecule has 2 saturated heterocycles. The molecule has 4 rings (SSSR count). The van der Waals surface area contributed by atoms with Crippen molar-refractivity contribution in [2.75, 3.05) is 41.0 Å². The molecule has 208 valence electrons. The molecule has 0 spiro atoms. The van der Waals surface area contributed by atoms with Crippen LogP contribution in [0, 0.1) is 16.7 Å². The third-order valence-corrected chi connectivity index (χ3v) is 8.40. The smallest absolute Gasteiger partial charge is 0.317 e. The Labute approximate surface area is 226 Å². The standard InChI is InChI=1S/C30H42N2O6/c1-29(2)13-11-25-30(20-29,28(35)38-5)19-22(18-26(33)31-14-7-6-8-15-31)27(34)32(25)16-12-21-9-10-23(36-3)24(17-21)37-4/h9-11,17,22H,6-8,12-16,18-20H2,1-5H3/t22-,30-/m1/s1. The lowest BCUT2D eigenvalue weighted by Crippen LogP contribution is -2.56. The molecule has 2 heterocycles. The molecule has 1 aromatic rings. The molecular weight excluding hydrogens is 484 g/mol. The highest BCUT2D eigenvalue weighted by Gasteiger charge is 2.57. The molecule has 1 aliphatic carbocycles. The Bertz CT molecular complexity index is 1090. The van der Waals surface area contributed by atoms with Gasteiger partial charge in [0, 0.05) is 37.7 Å². The van der Waals surface area contributed by atoms with Crippen LogP contribution in [0.5, 0.6) is 11.5 Å². The summed E-state index contributed by atoms with van der Waals surface area (Å²) in [7, 11) is 4.60. The van der Waals surface area contributed by atoms with Crippen molar-refractivity contribution >= 4 is 17.8 Å². The van der Waals surface area contributed by atoms with Gasteiger partial charge in [-0.3, -0.25) is 14.4 Å². The number of nitrogens with zero attached hydrogens (tertiary/aromatic N) is 2. The predicted molar refractivity (Wildman–Crippen MR) is 144 cm³/mol. The molecule has 2 atom stereocenters. The van der Waals surface area contributed by atoms with E-state index in [-0.39, 0.29) is 29.6 Å². The quantitative estimate of drug-likeness (QED) is 0.468. The summed E-state index contributed by atoms with van der Waals surface area (Å²) >= 11 is 0. The maximum atomic E-state index is 14.0. The van der Waals surface area contributed by atoms with Crippen molar-refractivity contribution in [3.63, 3.8) is 0 Å². The topological polar surface area (TPSA) is 85.4 Å². The summed E-state index contributed by atoms with van der Waals surface area (Å²) < 4.78 is 16.2. The normalized spacial score (nSPS) is 24.8. The Morgan fingerprint density at radius 1 is 1.03 bits per heavy atom. The number of rotatable bonds is 8. The van der Waals surface area contributed by atoms with E-state index in [2.05, 4.69) is 19.9 Å². The number of methoxy groups -OCH3 is 3. The number of hydrogen-bond acceptors (Lipinski definition) is 6. The van der Waals surface area contributed by atoms with Crippen LogP contribution in [0.3, 0.4) is 0 Å². The van der Waals surface area contributed by atoms with Gasteiger partial charge in [0.1, 0.15) is 5.41 Å². The second-order valence-corrected chi connectivity index (χ2v) is 11.7. The van der Waals surface area contributed by atoms with Crippen LogP contribution >= 0.6 is 0 Å². The number of carbonyl (C=O) groups excluding carboxylic acids is 3. The van der Waals surface area contributed by atoms with Crippen molar-refractivity contribution in [2.24, 2.45) is 16.7 Å². The van der Waals surface area contributed by atoms with Crippen LogP contribution in [0.1, 0.15) is 64.4 Å². The van der Waals surface area contributed by atoms with E-state index in [4.69, 9.17) is 14.2 Å². The van der Waals surface area contributed by atoms with Crippen LogP contribution in [0.4, 0.5) is 0 Å². The van der Waals surface area contributed by atoms with Crippen molar-refractivity contribution in [1.82, 2.24) is 9.80 Å². The highest BCUT2D eigenvalue weighted by molar-refractivity contribution is 5.92. The number of carbonyl (C=O) groups is 3. The molecule has 0 N–H and O–H groups in total. The minimum atomic E-state index is -0.950. The molecule has 0 bridgehead atoms. The number of amides is 2. The highest BCUT2D eigenvalue weighted by Crippen LogP contribution is 2.54. The third-order valence-electron chi connectivity index (χ3n) is 8.40. The minimum absolute atomic E-state index is 0.00501. The Balaban J connectivity index is 1.66. The molecule has 1 aromatic carbocycles. The van der Waals surface area contributed by atoms with E-state index in [1.165, 1.54) is 7.11 Å². The van der Waals surface area contributed by atoms with Gasteiger partial charge < -0.3 is 24.0 Å². The first-order valence-electron chi connectivity index (χ1n) is 13.7. The van der Waals surface area contributed by atoms with E-state index in [9.17, 15) is 14.4 Å². The van der Waals surface area contributed by atoms with E-state index in [1.807, 2.05) is 23.1 Å². The first-order chi connectivity index (χ1) is 18.1. The summed E-state index contributed by atoms with van der Waals surface area (Å²) in [5.74, 6) is 0.299. The lowest BCUT2D eigenvalue weighted by Gasteiger charge is -2.51. The van der Waals surface area contributed by atoms with Crippen molar-refractivity contribution in [3.05, 3.63) is 35.5 Å². The van der Waals surface area contributed by atoms with Gasteiger partial charge in [-0.05, 0) is 68.1 Å². The molecule has 38 heavy (non-hydrogen) atoms. The van der Waals surface area contributed by atoms with Crippen molar-refractivity contribution in [3.8, 4) is 11.5 Å². The molecule has 2 amide bonds. The number of piperidine rings is 2. The average molecular weight is 527 g/mol. The zero-order chi connectivity index (χ0) is 27.5. The summed E-state index contributed by atoms with van der Waals surface area (Å²) in [5, 5.41) is 0. The van der Waals surface area contributed by atoms with Gasteiger partial charge in [0.25, 0.3) is 0 Å². The minimum Gasteiger partial charge on any atom is -0.493 e. The van der Waals surface area contributed by atoms with E-state index < -0.39 is 11.3 Å². The summed E-state index contributed by atoms with van der Waals surface area (Å²) in [5.41, 5.74) is 0.641. The SMILES string of the molecule is COC(=O)[C@@]12C[C@@H](CC(=O)N3CCCCC3)C(=O)N(CCc3ccc(OC)c(OC)c3)C1=CCC(C)(C)C2. The van der Waals surface area contributed by atoms with Crippen molar-refractivity contribution in [2.45, 2.75) is 65.2 Å². The summed E-state index contributed by atoms with van der Waals surface area (Å²) in [6, 6.07) is 5.73. The second kappa shape index (κ2) is 11.4. The third kappa shape index (κ3) is 5.54. The maximum Gasteiger partial charge on any atom is 0.317 e. The van der Waals surface area contributed by atoms with Gasteiger partial charge in [-0.15, -0.1) is 0 Å². The monoisotopic (exact) mass is 526 g/mol. The van der Waals surface area contributed by atoms with Crippen LogP contribution in [0.15, 0.2) is 30.0 Å². The van der Waals surface area contributed by atoms with E-state index in [0.29, 0.717) is 37.3 Å². The molecule has 8 nitrogen and oxygen atoms in total. The highest BCUT2D eigenvalue weighted by atomic mass is 16.5. The van der Waals surface area contributed by atoms with Crippen LogP contribution in [0.2, 0.25) is 0 Å². The summed E-state index contributed by atoms with van der Waals surface area (Å²) in [6.07, 6.45) is 7.51. The number of fused-ring (bicyclic) bond motifs is 1. The zero-order valence-electron chi connectivity index (χ0n) is 23.5. The molecule has 2 fully saturated rings. The first kappa shape index (κ1) is 28.0. The summed E-state index contributed by atoms with van der Waals surface area (Å²) in [4.78, 5) is 44.4. The van der Waals surface area contributed by atoms with Crippen LogP contribution in [0.25, 0.3) is 0 Å². The van der Waals surface area contributed by atoms with Gasteiger partial charge in [-0.1, -0.05) is 26.0 Å². The number of ether oxygens (including phenoxy) is 3. The molecular formula is C30H42N2O6. The van der Waals surface area contributed by atoms with Crippen molar-refractivity contribution in [1.29, 1.82) is 0 Å². The Hall–Kier alpha value is -3.03. The van der Waals surface area contributed by atoms with Crippen LogP contribution in [-0.2, 0) is 25.5 Å². The summed E-state index contributed by atoms with van der Waals surface area (Å²) in [6.45, 7) is 6.16. The maximum absolute atomic E-state index is 14.0. The molecule has 2 aliphatic heterocycles. The molecule has 0 saturated carbocycles. The number of allylic oxidation sites excluding steroid dienone is 1. The van der Waals surface area contributed by atoms with Gasteiger partial charge in [0.2, 0.25) is 11.8 Å². The molecule has 3 aliphatic rings. The van der Waals surface area contributed by atoms with Gasteiger partial charge in [-0.25, -0.2) is 0 Å². The van der Waals surface area contributed by atoms with Crippen LogP contribution < -0.4 is 9.47 Å². The van der Waals surface area contributed by atoms with Gasteiger partial charge in [-0.2, -0.15) is 0 Å². The van der Waals surface area contributed by atoms with Crippen LogP contribution in [-0.4, -0.2) is 68.5 Å². The second-order valence-electron chi connectivity index (χ2n) is 11.7. The number of benzene rings is 1. The number of likely N-dealkylation sites (tertiary alicyclic amines) is 2. The van der Waals surface area contributed by atoms with E-state index in [1.54, 1.807) is 19.1 Å².